The second-order valence-electron chi connectivity index (χ2n) is 5.30. The number of hydrogen-bond donors (Lipinski definition) is 2. The van der Waals surface area contributed by atoms with E-state index in [2.05, 4.69) is 40.1 Å². The standard InChI is InChI=1S/C14H22BrN3O/c1-9(2)4-11(7-16)6-14(19)18-13-5-10(3)12(15)8-17-13/h5,8-9,11H,4,6-7,16H2,1-3H3,(H,17,18,19). The number of rotatable bonds is 6. The zero-order valence-electron chi connectivity index (χ0n) is 11.7. The highest BCUT2D eigenvalue weighted by molar-refractivity contribution is 9.10. The maximum absolute atomic E-state index is 11.9. The summed E-state index contributed by atoms with van der Waals surface area (Å²) in [7, 11) is 0. The van der Waals surface area contributed by atoms with Gasteiger partial charge in [0.25, 0.3) is 0 Å². The Morgan fingerprint density at radius 3 is 2.74 bits per heavy atom. The van der Waals surface area contributed by atoms with Crippen LogP contribution < -0.4 is 11.1 Å². The SMILES string of the molecule is Cc1cc(NC(=O)CC(CN)CC(C)C)ncc1Br. The fraction of sp³-hybridized carbons (Fsp3) is 0.571. The second kappa shape index (κ2) is 7.60. The lowest BCUT2D eigenvalue weighted by atomic mass is 9.94. The lowest BCUT2D eigenvalue weighted by Gasteiger charge is -2.16. The van der Waals surface area contributed by atoms with Crippen LogP contribution in [0.5, 0.6) is 0 Å². The van der Waals surface area contributed by atoms with Crippen LogP contribution in [0.15, 0.2) is 16.7 Å². The Morgan fingerprint density at radius 2 is 2.21 bits per heavy atom. The van der Waals surface area contributed by atoms with Crippen LogP contribution in [0.3, 0.4) is 0 Å². The van der Waals surface area contributed by atoms with Gasteiger partial charge in [-0.2, -0.15) is 0 Å². The molecule has 0 aliphatic heterocycles. The monoisotopic (exact) mass is 327 g/mol. The van der Waals surface area contributed by atoms with Crippen molar-refractivity contribution < 1.29 is 4.79 Å². The minimum atomic E-state index is -0.0228. The average molecular weight is 328 g/mol. The summed E-state index contributed by atoms with van der Waals surface area (Å²) in [5.41, 5.74) is 6.75. The van der Waals surface area contributed by atoms with E-state index < -0.39 is 0 Å². The van der Waals surface area contributed by atoms with Gasteiger partial charge in [-0.15, -0.1) is 0 Å². The van der Waals surface area contributed by atoms with Crippen LogP contribution >= 0.6 is 15.9 Å². The van der Waals surface area contributed by atoms with Crippen molar-refractivity contribution in [3.8, 4) is 0 Å². The molecular weight excluding hydrogens is 306 g/mol. The van der Waals surface area contributed by atoms with Crippen molar-refractivity contribution in [3.05, 3.63) is 22.3 Å². The lowest BCUT2D eigenvalue weighted by molar-refractivity contribution is -0.117. The van der Waals surface area contributed by atoms with Gasteiger partial charge in [-0.05, 0) is 59.3 Å². The first-order valence-electron chi connectivity index (χ1n) is 6.54. The summed E-state index contributed by atoms with van der Waals surface area (Å²) in [6, 6.07) is 1.85. The van der Waals surface area contributed by atoms with Gasteiger partial charge in [-0.1, -0.05) is 13.8 Å². The maximum Gasteiger partial charge on any atom is 0.225 e. The van der Waals surface area contributed by atoms with Crippen molar-refractivity contribution in [2.75, 3.05) is 11.9 Å². The fourth-order valence-electron chi connectivity index (χ4n) is 1.99. The highest BCUT2D eigenvalue weighted by Crippen LogP contribution is 2.18. The Hall–Kier alpha value is -0.940. The summed E-state index contributed by atoms with van der Waals surface area (Å²) in [5, 5.41) is 2.82. The molecule has 1 rings (SSSR count). The van der Waals surface area contributed by atoms with Crippen molar-refractivity contribution in [3.63, 3.8) is 0 Å². The fourth-order valence-corrected chi connectivity index (χ4v) is 2.21. The summed E-state index contributed by atoms with van der Waals surface area (Å²) in [5.74, 6) is 1.35. The highest BCUT2D eigenvalue weighted by Gasteiger charge is 2.14. The molecule has 1 heterocycles. The molecular formula is C14H22BrN3O. The van der Waals surface area contributed by atoms with Gasteiger partial charge in [0, 0.05) is 17.1 Å². The average Bonchev–Trinajstić information content (AvgIpc) is 2.32. The topological polar surface area (TPSA) is 68.0 Å². The van der Waals surface area contributed by atoms with Crippen LogP contribution in [0, 0.1) is 18.8 Å². The Labute approximate surface area is 123 Å². The van der Waals surface area contributed by atoms with E-state index in [-0.39, 0.29) is 11.8 Å². The normalized spacial score (nSPS) is 12.5. The Kier molecular flexibility index (Phi) is 6.45. The number of carbonyl (C=O) groups is 1. The van der Waals surface area contributed by atoms with Crippen molar-refractivity contribution in [2.24, 2.45) is 17.6 Å². The van der Waals surface area contributed by atoms with E-state index >= 15 is 0 Å². The van der Waals surface area contributed by atoms with Gasteiger partial charge >= 0.3 is 0 Å². The van der Waals surface area contributed by atoms with Crippen molar-refractivity contribution in [2.45, 2.75) is 33.6 Å². The van der Waals surface area contributed by atoms with Gasteiger partial charge < -0.3 is 11.1 Å². The third-order valence-electron chi connectivity index (χ3n) is 2.93. The second-order valence-corrected chi connectivity index (χ2v) is 6.16. The highest BCUT2D eigenvalue weighted by atomic mass is 79.9. The first-order chi connectivity index (χ1) is 8.92. The molecule has 0 fully saturated rings. The molecule has 19 heavy (non-hydrogen) atoms. The predicted octanol–water partition coefficient (Wildman–Crippen LogP) is 3.10. The maximum atomic E-state index is 11.9. The summed E-state index contributed by atoms with van der Waals surface area (Å²) >= 11 is 3.38. The number of hydrogen-bond acceptors (Lipinski definition) is 3. The molecule has 1 aromatic rings. The number of anilines is 1. The third-order valence-corrected chi connectivity index (χ3v) is 3.76. The summed E-state index contributed by atoms with van der Waals surface area (Å²) in [6.07, 6.45) is 3.11. The molecule has 0 saturated carbocycles. The van der Waals surface area contributed by atoms with E-state index in [9.17, 15) is 4.79 Å². The van der Waals surface area contributed by atoms with Crippen LogP contribution in [0.1, 0.15) is 32.3 Å². The van der Waals surface area contributed by atoms with Gasteiger partial charge in [-0.3, -0.25) is 4.79 Å². The molecule has 0 aliphatic carbocycles. The molecule has 1 unspecified atom stereocenters. The van der Waals surface area contributed by atoms with Crippen molar-refractivity contribution in [1.82, 2.24) is 4.98 Å². The molecule has 106 valence electrons. The first-order valence-corrected chi connectivity index (χ1v) is 7.33. The minimum absolute atomic E-state index is 0.0228. The van der Waals surface area contributed by atoms with Gasteiger partial charge in [0.15, 0.2) is 0 Å². The van der Waals surface area contributed by atoms with E-state index in [1.165, 1.54) is 0 Å². The van der Waals surface area contributed by atoms with E-state index in [4.69, 9.17) is 5.73 Å². The minimum Gasteiger partial charge on any atom is -0.330 e. The van der Waals surface area contributed by atoms with Gasteiger partial charge in [0.2, 0.25) is 5.91 Å². The van der Waals surface area contributed by atoms with Crippen molar-refractivity contribution >= 4 is 27.7 Å². The van der Waals surface area contributed by atoms with Crippen LogP contribution in [-0.4, -0.2) is 17.4 Å². The molecule has 1 amide bonds. The zero-order valence-corrected chi connectivity index (χ0v) is 13.3. The zero-order chi connectivity index (χ0) is 14.4. The molecule has 1 atom stereocenters. The number of aryl methyl sites for hydroxylation is 1. The van der Waals surface area contributed by atoms with E-state index in [0.717, 1.165) is 16.5 Å². The number of carbonyl (C=O) groups excluding carboxylic acids is 1. The third kappa shape index (κ3) is 5.70. The molecule has 0 radical (unpaired) electrons. The molecule has 1 aromatic heterocycles. The number of nitrogens with zero attached hydrogens (tertiary/aromatic N) is 1. The first kappa shape index (κ1) is 16.1. The predicted molar refractivity (Wildman–Crippen MR) is 81.9 cm³/mol. The molecule has 3 N–H and O–H groups in total. The van der Waals surface area contributed by atoms with Gasteiger partial charge in [-0.25, -0.2) is 4.98 Å². The smallest absolute Gasteiger partial charge is 0.225 e. The van der Waals surface area contributed by atoms with Crippen LogP contribution in [-0.2, 0) is 4.79 Å². The molecule has 0 bridgehead atoms. The van der Waals surface area contributed by atoms with Crippen molar-refractivity contribution in [1.29, 1.82) is 0 Å². The van der Waals surface area contributed by atoms with Gasteiger partial charge in [0.05, 0.1) is 0 Å². The molecule has 0 spiro atoms. The molecule has 5 heteroatoms. The van der Waals surface area contributed by atoms with Crippen LogP contribution in [0.25, 0.3) is 0 Å². The van der Waals surface area contributed by atoms with E-state index in [1.807, 2.05) is 13.0 Å². The molecule has 4 nitrogen and oxygen atoms in total. The number of halogens is 1. The number of nitrogens with two attached hydrogens (primary N) is 1. The number of amides is 1. The molecule has 0 aliphatic rings. The van der Waals surface area contributed by atoms with Gasteiger partial charge in [0.1, 0.15) is 5.82 Å². The Bertz CT molecular complexity index is 435. The molecule has 0 saturated heterocycles. The number of nitrogens with one attached hydrogen (secondary N) is 1. The summed E-state index contributed by atoms with van der Waals surface area (Å²) in [4.78, 5) is 16.1. The van der Waals surface area contributed by atoms with Crippen LogP contribution in [0.2, 0.25) is 0 Å². The Balaban J connectivity index is 2.56. The number of aromatic nitrogens is 1. The van der Waals surface area contributed by atoms with Crippen LogP contribution in [0.4, 0.5) is 5.82 Å². The molecule has 0 aromatic carbocycles. The summed E-state index contributed by atoms with van der Waals surface area (Å²) in [6.45, 7) is 6.78. The number of pyridine rings is 1. The summed E-state index contributed by atoms with van der Waals surface area (Å²) < 4.78 is 0.935. The largest absolute Gasteiger partial charge is 0.330 e. The quantitative estimate of drug-likeness (QED) is 0.843. The van der Waals surface area contributed by atoms with E-state index in [0.29, 0.717) is 24.7 Å². The van der Waals surface area contributed by atoms with E-state index in [1.54, 1.807) is 6.20 Å². The Morgan fingerprint density at radius 1 is 1.53 bits per heavy atom. The lowest BCUT2D eigenvalue weighted by Crippen LogP contribution is -2.23.